The molecule has 7 heteroatoms. The molecule has 1 atom stereocenters. The number of carbonyl (C=O) groups is 1. The third kappa shape index (κ3) is 3.07. The van der Waals surface area contributed by atoms with E-state index in [1.54, 1.807) is 17.9 Å². The second-order valence-corrected chi connectivity index (χ2v) is 7.26. The lowest BCUT2D eigenvalue weighted by molar-refractivity contribution is 0.0743. The summed E-state index contributed by atoms with van der Waals surface area (Å²) < 4.78 is 1.85. The summed E-state index contributed by atoms with van der Waals surface area (Å²) in [7, 11) is 0. The second-order valence-electron chi connectivity index (χ2n) is 7.26. The van der Waals surface area contributed by atoms with Gasteiger partial charge in [0.05, 0.1) is 24.0 Å². The maximum atomic E-state index is 13.0. The molecular formula is C19H24N4O3. The van der Waals surface area contributed by atoms with Crippen LogP contribution in [0.25, 0.3) is 0 Å². The first-order valence-electron chi connectivity index (χ1n) is 9.32. The first-order valence-corrected chi connectivity index (χ1v) is 9.32. The van der Waals surface area contributed by atoms with Crippen molar-refractivity contribution < 1.29 is 9.90 Å². The Labute approximate surface area is 151 Å². The summed E-state index contributed by atoms with van der Waals surface area (Å²) in [5, 5.41) is 14.2. The lowest BCUT2D eigenvalue weighted by Gasteiger charge is -2.21. The van der Waals surface area contributed by atoms with Crippen molar-refractivity contribution in [2.75, 3.05) is 6.54 Å². The first-order chi connectivity index (χ1) is 12.5. The van der Waals surface area contributed by atoms with Gasteiger partial charge in [0.1, 0.15) is 5.56 Å². The molecule has 138 valence electrons. The van der Waals surface area contributed by atoms with Crippen LogP contribution in [-0.2, 0) is 25.9 Å². The summed E-state index contributed by atoms with van der Waals surface area (Å²) in [6.07, 6.45) is 4.10. The Morgan fingerprint density at radius 3 is 2.85 bits per heavy atom. The van der Waals surface area contributed by atoms with E-state index < -0.39 is 6.10 Å². The van der Waals surface area contributed by atoms with E-state index in [9.17, 15) is 14.7 Å². The number of hydrogen-bond acceptors (Lipinski definition) is 4. The number of H-pyrrole nitrogens is 1. The van der Waals surface area contributed by atoms with Crippen molar-refractivity contribution in [2.24, 2.45) is 0 Å². The number of hydrogen-bond donors (Lipinski definition) is 2. The van der Waals surface area contributed by atoms with Gasteiger partial charge < -0.3 is 15.0 Å². The van der Waals surface area contributed by atoms with E-state index >= 15 is 0 Å². The maximum absolute atomic E-state index is 13.0. The van der Waals surface area contributed by atoms with Gasteiger partial charge in [-0.3, -0.25) is 14.3 Å². The predicted octanol–water partition coefficient (Wildman–Crippen LogP) is 1.55. The number of rotatable bonds is 2. The number of carbonyl (C=O) groups excluding carboxylic acids is 1. The highest BCUT2D eigenvalue weighted by molar-refractivity contribution is 5.94. The molecule has 0 bridgehead atoms. The summed E-state index contributed by atoms with van der Waals surface area (Å²) >= 11 is 0. The third-order valence-electron chi connectivity index (χ3n) is 5.32. The molecule has 1 amide bonds. The average molecular weight is 356 g/mol. The van der Waals surface area contributed by atoms with Crippen LogP contribution in [0.5, 0.6) is 0 Å². The van der Waals surface area contributed by atoms with Gasteiger partial charge in [-0.2, -0.15) is 5.10 Å². The number of pyridine rings is 1. The molecule has 1 aliphatic heterocycles. The molecule has 2 aliphatic rings. The van der Waals surface area contributed by atoms with E-state index in [-0.39, 0.29) is 17.0 Å². The van der Waals surface area contributed by atoms with Gasteiger partial charge >= 0.3 is 0 Å². The highest BCUT2D eigenvalue weighted by Gasteiger charge is 2.25. The van der Waals surface area contributed by atoms with E-state index in [0.717, 1.165) is 49.1 Å². The average Bonchev–Trinajstić information content (AvgIpc) is 2.93. The molecule has 4 rings (SSSR count). The normalized spacial score (nSPS) is 18.0. The molecule has 2 N–H and O–H groups in total. The van der Waals surface area contributed by atoms with Crippen LogP contribution in [0.1, 0.15) is 65.3 Å². The zero-order valence-corrected chi connectivity index (χ0v) is 15.0. The number of aliphatic hydroxyl groups excluding tert-OH is 1. The first kappa shape index (κ1) is 17.0. The maximum Gasteiger partial charge on any atom is 0.261 e. The highest BCUT2D eigenvalue weighted by Crippen LogP contribution is 2.21. The van der Waals surface area contributed by atoms with E-state index in [1.165, 1.54) is 0 Å². The molecule has 7 nitrogen and oxygen atoms in total. The topological polar surface area (TPSA) is 91.2 Å². The molecule has 26 heavy (non-hydrogen) atoms. The van der Waals surface area contributed by atoms with E-state index in [1.807, 2.05) is 10.7 Å². The Morgan fingerprint density at radius 2 is 2.04 bits per heavy atom. The number of fused-ring (bicyclic) bond motifs is 2. The molecule has 0 saturated carbocycles. The molecule has 0 spiro atoms. The van der Waals surface area contributed by atoms with Gasteiger partial charge in [-0.15, -0.1) is 0 Å². The quantitative estimate of drug-likeness (QED) is 0.854. The molecule has 0 saturated heterocycles. The van der Waals surface area contributed by atoms with Crippen LogP contribution in [0, 0.1) is 0 Å². The van der Waals surface area contributed by atoms with Crippen LogP contribution < -0.4 is 5.56 Å². The number of aryl methyl sites for hydroxylation is 3. The summed E-state index contributed by atoms with van der Waals surface area (Å²) in [6.45, 7) is 3.36. The summed E-state index contributed by atoms with van der Waals surface area (Å²) in [4.78, 5) is 30.1. The van der Waals surface area contributed by atoms with Gasteiger partial charge in [-0.05, 0) is 56.7 Å². The SMILES string of the molecule is C[C@@H](O)c1cc2n(n1)CCCN(C(=O)c1cc3c([nH]c1=O)CCCC3)C2. The van der Waals surface area contributed by atoms with Gasteiger partial charge in [0.15, 0.2) is 0 Å². The minimum atomic E-state index is -0.637. The van der Waals surface area contributed by atoms with Gasteiger partial charge in [-0.1, -0.05) is 0 Å². The fourth-order valence-corrected chi connectivity index (χ4v) is 3.87. The van der Waals surface area contributed by atoms with Crippen molar-refractivity contribution in [3.63, 3.8) is 0 Å². The fraction of sp³-hybridized carbons (Fsp3) is 0.526. The third-order valence-corrected chi connectivity index (χ3v) is 5.32. The Balaban J connectivity index is 1.62. The standard InChI is InChI=1S/C19H24N4O3/c1-12(24)17-10-14-11-22(7-4-8-23(14)21-17)19(26)15-9-13-5-2-3-6-16(13)20-18(15)25/h9-10,12,24H,2-8,11H2,1H3,(H,20,25)/t12-/m1/s1. The number of amides is 1. The fourth-order valence-electron chi connectivity index (χ4n) is 3.87. The molecular weight excluding hydrogens is 332 g/mol. The Bertz CT molecular complexity index is 897. The lowest BCUT2D eigenvalue weighted by Crippen LogP contribution is -2.35. The van der Waals surface area contributed by atoms with Crippen molar-refractivity contribution in [1.29, 1.82) is 0 Å². The predicted molar refractivity (Wildman–Crippen MR) is 95.9 cm³/mol. The molecule has 0 aromatic carbocycles. The van der Waals surface area contributed by atoms with Crippen molar-refractivity contribution in [1.82, 2.24) is 19.7 Å². The zero-order valence-electron chi connectivity index (χ0n) is 15.0. The molecule has 0 radical (unpaired) electrons. The minimum Gasteiger partial charge on any atom is -0.387 e. The molecule has 2 aromatic rings. The van der Waals surface area contributed by atoms with Crippen LogP contribution >= 0.6 is 0 Å². The van der Waals surface area contributed by atoms with Crippen LogP contribution in [0.3, 0.4) is 0 Å². The Kier molecular flexibility index (Phi) is 4.40. The number of aromatic nitrogens is 3. The Morgan fingerprint density at radius 1 is 1.23 bits per heavy atom. The summed E-state index contributed by atoms with van der Waals surface area (Å²) in [5.41, 5.74) is 3.51. The lowest BCUT2D eigenvalue weighted by atomic mass is 9.95. The number of aromatic amines is 1. The molecule has 1 aliphatic carbocycles. The molecule has 2 aromatic heterocycles. The van der Waals surface area contributed by atoms with Crippen LogP contribution in [0.2, 0.25) is 0 Å². The summed E-state index contributed by atoms with van der Waals surface area (Å²) in [6, 6.07) is 3.63. The number of aliphatic hydroxyl groups is 1. The minimum absolute atomic E-state index is 0.229. The molecule has 0 unspecified atom stereocenters. The molecule has 0 fully saturated rings. The van der Waals surface area contributed by atoms with Gasteiger partial charge in [0, 0.05) is 18.8 Å². The smallest absolute Gasteiger partial charge is 0.261 e. The zero-order chi connectivity index (χ0) is 18.3. The largest absolute Gasteiger partial charge is 0.387 e. The number of nitrogens with one attached hydrogen (secondary N) is 1. The number of nitrogens with zero attached hydrogens (tertiary/aromatic N) is 3. The van der Waals surface area contributed by atoms with E-state index in [4.69, 9.17) is 0 Å². The van der Waals surface area contributed by atoms with Crippen LogP contribution in [0.4, 0.5) is 0 Å². The van der Waals surface area contributed by atoms with Gasteiger partial charge in [0.25, 0.3) is 11.5 Å². The van der Waals surface area contributed by atoms with Gasteiger partial charge in [0.2, 0.25) is 0 Å². The Hall–Kier alpha value is -2.41. The second kappa shape index (κ2) is 6.72. The van der Waals surface area contributed by atoms with Crippen molar-refractivity contribution >= 4 is 5.91 Å². The van der Waals surface area contributed by atoms with Crippen molar-refractivity contribution in [2.45, 2.75) is 58.2 Å². The highest BCUT2D eigenvalue weighted by atomic mass is 16.3. The van der Waals surface area contributed by atoms with Crippen LogP contribution in [0.15, 0.2) is 16.9 Å². The van der Waals surface area contributed by atoms with E-state index in [2.05, 4.69) is 10.1 Å². The summed E-state index contributed by atoms with van der Waals surface area (Å²) in [5.74, 6) is -0.229. The van der Waals surface area contributed by atoms with Crippen molar-refractivity contribution in [3.8, 4) is 0 Å². The monoisotopic (exact) mass is 356 g/mol. The van der Waals surface area contributed by atoms with Crippen LogP contribution in [-0.4, -0.2) is 37.2 Å². The van der Waals surface area contributed by atoms with Gasteiger partial charge in [-0.25, -0.2) is 0 Å². The van der Waals surface area contributed by atoms with E-state index in [0.29, 0.717) is 25.3 Å². The molecule has 3 heterocycles. The van der Waals surface area contributed by atoms with Crippen molar-refractivity contribution in [3.05, 3.63) is 50.7 Å².